The fourth-order valence-corrected chi connectivity index (χ4v) is 3.87. The molecule has 0 aliphatic rings. The van der Waals surface area contributed by atoms with E-state index in [0.29, 0.717) is 5.92 Å². The van der Waals surface area contributed by atoms with Crippen molar-refractivity contribution < 1.29 is 9.53 Å². The maximum Gasteiger partial charge on any atom is 0.253 e. The molecular formula is C28H42N4O2. The maximum absolute atomic E-state index is 13.3. The summed E-state index contributed by atoms with van der Waals surface area (Å²) in [4.78, 5) is 20.1. The largest absolute Gasteiger partial charge is 0.497 e. The van der Waals surface area contributed by atoms with Crippen LogP contribution in [0.4, 0.5) is 11.6 Å². The molecule has 186 valence electrons. The Bertz CT molecular complexity index is 1020. The Kier molecular flexibility index (Phi) is 10.9. The number of carbonyl (C=O) groups excluding carboxylic acids is 1. The zero-order chi connectivity index (χ0) is 25.1. The van der Waals surface area contributed by atoms with Crippen LogP contribution in [0.5, 0.6) is 5.75 Å². The van der Waals surface area contributed by atoms with Crippen LogP contribution < -0.4 is 10.1 Å². The molecule has 0 unspecified atom stereocenters. The molecule has 0 bridgehead atoms. The second-order valence-electron chi connectivity index (χ2n) is 8.64. The van der Waals surface area contributed by atoms with Gasteiger partial charge in [-0.15, -0.1) is 0 Å². The van der Waals surface area contributed by atoms with Gasteiger partial charge in [0.1, 0.15) is 5.75 Å². The summed E-state index contributed by atoms with van der Waals surface area (Å²) in [6.07, 6.45) is 3.07. The molecule has 6 heteroatoms. The molecule has 0 radical (unpaired) electrons. The average Bonchev–Trinajstić information content (AvgIpc) is 3.19. The number of fused-ring (bicyclic) bond motifs is 1. The van der Waals surface area contributed by atoms with Gasteiger partial charge in [-0.1, -0.05) is 48.0 Å². The molecule has 1 N–H and O–H groups in total. The van der Waals surface area contributed by atoms with E-state index in [-0.39, 0.29) is 5.91 Å². The molecule has 3 aromatic rings. The second-order valence-corrected chi connectivity index (χ2v) is 8.64. The summed E-state index contributed by atoms with van der Waals surface area (Å²) in [6.45, 7) is 15.0. The number of benzene rings is 2. The van der Waals surface area contributed by atoms with Crippen LogP contribution in [0.25, 0.3) is 11.0 Å². The molecule has 1 aromatic heterocycles. The zero-order valence-corrected chi connectivity index (χ0v) is 22.0. The van der Waals surface area contributed by atoms with Crippen LogP contribution in [0.15, 0.2) is 42.5 Å². The maximum atomic E-state index is 13.3. The van der Waals surface area contributed by atoms with Gasteiger partial charge < -0.3 is 19.5 Å². The normalized spacial score (nSPS) is 10.7. The molecule has 1 amide bonds. The van der Waals surface area contributed by atoms with Gasteiger partial charge in [-0.3, -0.25) is 4.79 Å². The number of aromatic nitrogens is 2. The number of unbranched alkanes of at least 4 members (excludes halogenated alkanes) is 1. The van der Waals surface area contributed by atoms with E-state index in [2.05, 4.69) is 37.6 Å². The van der Waals surface area contributed by atoms with E-state index >= 15 is 0 Å². The highest BCUT2D eigenvalue weighted by Gasteiger charge is 2.19. The topological polar surface area (TPSA) is 59.4 Å². The molecule has 6 nitrogen and oxygen atoms in total. The van der Waals surface area contributed by atoms with Gasteiger partial charge in [-0.05, 0) is 61.2 Å². The molecule has 0 atom stereocenters. The molecule has 0 aliphatic carbocycles. The number of carbonyl (C=O) groups is 1. The summed E-state index contributed by atoms with van der Waals surface area (Å²) < 4.78 is 7.44. The number of anilines is 2. The zero-order valence-electron chi connectivity index (χ0n) is 22.0. The number of amides is 1. The van der Waals surface area contributed by atoms with Gasteiger partial charge in [-0.2, -0.15) is 0 Å². The van der Waals surface area contributed by atoms with Crippen molar-refractivity contribution in [3.8, 4) is 5.75 Å². The minimum absolute atomic E-state index is 0.0929. The Balaban J connectivity index is 0.00000199. The van der Waals surface area contributed by atoms with Crippen molar-refractivity contribution in [3.63, 3.8) is 0 Å². The first kappa shape index (κ1) is 27.2. The number of nitrogens with zero attached hydrogens (tertiary/aromatic N) is 3. The summed E-state index contributed by atoms with van der Waals surface area (Å²) >= 11 is 0. The summed E-state index contributed by atoms with van der Waals surface area (Å²) in [6, 6.07) is 13.7. The Morgan fingerprint density at radius 1 is 1.09 bits per heavy atom. The highest BCUT2D eigenvalue weighted by atomic mass is 16.5. The third-order valence-electron chi connectivity index (χ3n) is 5.44. The lowest BCUT2D eigenvalue weighted by Crippen LogP contribution is -2.34. The molecule has 0 spiro atoms. The molecule has 34 heavy (non-hydrogen) atoms. The lowest BCUT2D eigenvalue weighted by Gasteiger charge is -2.24. The Morgan fingerprint density at radius 3 is 2.38 bits per heavy atom. The number of nitrogens with one attached hydrogen (secondary N) is 1. The van der Waals surface area contributed by atoms with Crippen LogP contribution in [-0.2, 0) is 6.54 Å². The summed E-state index contributed by atoms with van der Waals surface area (Å²) in [7, 11) is 1.66. The molecular weight excluding hydrogens is 424 g/mol. The average molecular weight is 467 g/mol. The van der Waals surface area contributed by atoms with Gasteiger partial charge in [0.25, 0.3) is 5.91 Å². The Morgan fingerprint density at radius 2 is 1.79 bits per heavy atom. The van der Waals surface area contributed by atoms with Gasteiger partial charge in [0.05, 0.1) is 18.1 Å². The smallest absolute Gasteiger partial charge is 0.253 e. The predicted molar refractivity (Wildman–Crippen MR) is 143 cm³/mol. The van der Waals surface area contributed by atoms with Crippen LogP contribution in [0, 0.1) is 5.92 Å². The van der Waals surface area contributed by atoms with Crippen LogP contribution in [-0.4, -0.2) is 40.6 Å². The summed E-state index contributed by atoms with van der Waals surface area (Å²) in [5.41, 5.74) is 3.54. The van der Waals surface area contributed by atoms with E-state index in [1.807, 2.05) is 61.2 Å². The number of ether oxygens (including phenoxy) is 1. The molecule has 0 saturated heterocycles. The van der Waals surface area contributed by atoms with E-state index in [0.717, 1.165) is 72.9 Å². The predicted octanol–water partition coefficient (Wildman–Crippen LogP) is 7.12. The third-order valence-corrected chi connectivity index (χ3v) is 5.44. The van der Waals surface area contributed by atoms with Crippen molar-refractivity contribution >= 4 is 28.6 Å². The number of rotatable bonds is 11. The lowest BCUT2D eigenvalue weighted by molar-refractivity contribution is 0.0736. The number of methoxy groups -OCH3 is 1. The van der Waals surface area contributed by atoms with Gasteiger partial charge in [0, 0.05) is 30.9 Å². The van der Waals surface area contributed by atoms with Crippen molar-refractivity contribution in [2.75, 3.05) is 25.5 Å². The molecule has 0 fully saturated rings. The fraction of sp³-hybridized carbons (Fsp3) is 0.500. The Labute approximate surface area is 205 Å². The van der Waals surface area contributed by atoms with Crippen molar-refractivity contribution in [2.24, 2.45) is 5.92 Å². The number of hydrogen-bond donors (Lipinski definition) is 1. The van der Waals surface area contributed by atoms with E-state index < -0.39 is 0 Å². The third kappa shape index (κ3) is 6.99. The highest BCUT2D eigenvalue weighted by molar-refractivity contribution is 5.98. The van der Waals surface area contributed by atoms with E-state index in [9.17, 15) is 4.79 Å². The summed E-state index contributed by atoms with van der Waals surface area (Å²) in [5.74, 6) is 2.13. The number of aryl methyl sites for hydroxylation is 1. The number of hydrogen-bond acceptors (Lipinski definition) is 4. The van der Waals surface area contributed by atoms with E-state index in [1.165, 1.54) is 0 Å². The Hall–Kier alpha value is -3.02. The first-order chi connectivity index (χ1) is 16.5. The lowest BCUT2D eigenvalue weighted by atomic mass is 10.1. The van der Waals surface area contributed by atoms with Crippen molar-refractivity contribution in [3.05, 3.63) is 48.0 Å². The van der Waals surface area contributed by atoms with Gasteiger partial charge in [0.2, 0.25) is 5.95 Å². The van der Waals surface area contributed by atoms with Gasteiger partial charge >= 0.3 is 0 Å². The van der Waals surface area contributed by atoms with Crippen molar-refractivity contribution in [2.45, 2.75) is 67.3 Å². The molecule has 0 aliphatic heterocycles. The van der Waals surface area contributed by atoms with Crippen LogP contribution in [0.1, 0.15) is 71.2 Å². The van der Waals surface area contributed by atoms with Crippen LogP contribution in [0.2, 0.25) is 0 Å². The molecule has 2 aromatic carbocycles. The first-order valence-electron chi connectivity index (χ1n) is 12.7. The van der Waals surface area contributed by atoms with Crippen molar-refractivity contribution in [1.29, 1.82) is 0 Å². The SMILES string of the molecule is CC.CCCCn1c(Nc2ccc(OC)cc2)nc2ccc(C(=O)N(CCC)CC(C)C)cc21. The van der Waals surface area contributed by atoms with Crippen LogP contribution in [0.3, 0.4) is 0 Å². The minimum Gasteiger partial charge on any atom is -0.497 e. The molecule has 0 saturated carbocycles. The van der Waals surface area contributed by atoms with Gasteiger partial charge in [0.15, 0.2) is 0 Å². The van der Waals surface area contributed by atoms with Gasteiger partial charge in [-0.25, -0.2) is 4.98 Å². The first-order valence-corrected chi connectivity index (χ1v) is 12.7. The van der Waals surface area contributed by atoms with Crippen molar-refractivity contribution in [1.82, 2.24) is 14.5 Å². The van der Waals surface area contributed by atoms with E-state index in [1.54, 1.807) is 7.11 Å². The van der Waals surface area contributed by atoms with E-state index in [4.69, 9.17) is 9.72 Å². The molecule has 3 rings (SSSR count). The minimum atomic E-state index is 0.0929. The standard InChI is InChI=1S/C26H36N4O2.C2H6/c1-6-8-16-30-24-17-20(25(31)29(15-7-2)18-19(3)4)9-14-23(24)28-26(30)27-21-10-12-22(32-5)13-11-21;1-2/h9-14,17,19H,6-8,15-16,18H2,1-5H3,(H,27,28);1-2H3. The quantitative estimate of drug-likeness (QED) is 0.327. The number of imidazole rings is 1. The highest BCUT2D eigenvalue weighted by Crippen LogP contribution is 2.26. The summed E-state index contributed by atoms with van der Waals surface area (Å²) in [5, 5.41) is 3.44. The second kappa shape index (κ2) is 13.6. The fourth-order valence-electron chi connectivity index (χ4n) is 3.87. The van der Waals surface area contributed by atoms with Crippen LogP contribution >= 0.6 is 0 Å². The molecule has 1 heterocycles. The monoisotopic (exact) mass is 466 g/mol.